The maximum atomic E-state index is 10.5. The largest absolute Gasteiger partial charge is 0.346 e. The number of fused-ring (bicyclic) bond motifs is 2. The van der Waals surface area contributed by atoms with Crippen LogP contribution in [0.4, 0.5) is 5.82 Å². The Labute approximate surface area is 125 Å². The minimum absolute atomic E-state index is 0.530. The number of nitrogens with one attached hydrogen (secondary N) is 2. The number of rotatable bonds is 3. The molecule has 0 saturated carbocycles. The molecule has 0 spiro atoms. The molecule has 0 bridgehead atoms. The fraction of sp³-hybridized carbons (Fsp3) is 0.0625. The maximum absolute atomic E-state index is 10.5. The van der Waals surface area contributed by atoms with Crippen LogP contribution in [-0.4, -0.2) is 25.8 Å². The first-order valence-electron chi connectivity index (χ1n) is 6.87. The molecule has 0 aromatic carbocycles. The SMILES string of the molecule is Cc1c[nH]c2ncc(-c3ccc4nc(NC=O)cn4c3)cc12. The molecule has 6 nitrogen and oxygen atoms in total. The zero-order chi connectivity index (χ0) is 15.1. The standard InChI is InChI=1S/C16H13N5O/c1-10-5-17-16-13(10)4-12(6-18-16)11-2-3-15-20-14(19-9-22)8-21(15)7-11/h2-9H,1H3,(H,17,18)(H,19,22). The Hall–Kier alpha value is -3.15. The van der Waals surface area contributed by atoms with Crippen LogP contribution in [0.15, 0.2) is 43.0 Å². The van der Waals surface area contributed by atoms with Crippen LogP contribution in [0, 0.1) is 6.92 Å². The summed E-state index contributed by atoms with van der Waals surface area (Å²) in [5, 5.41) is 3.67. The summed E-state index contributed by atoms with van der Waals surface area (Å²) in [7, 11) is 0. The van der Waals surface area contributed by atoms with E-state index in [1.807, 2.05) is 35.1 Å². The third-order valence-corrected chi connectivity index (χ3v) is 3.73. The number of hydrogen-bond acceptors (Lipinski definition) is 3. The fourth-order valence-corrected chi connectivity index (χ4v) is 2.59. The number of aromatic amines is 1. The third-order valence-electron chi connectivity index (χ3n) is 3.73. The average Bonchev–Trinajstić information content (AvgIpc) is 3.10. The summed E-state index contributed by atoms with van der Waals surface area (Å²) in [5.41, 5.74) is 4.92. The lowest BCUT2D eigenvalue weighted by Crippen LogP contribution is -1.92. The molecule has 4 aromatic rings. The number of imidazole rings is 1. The van der Waals surface area contributed by atoms with E-state index in [9.17, 15) is 4.79 Å². The molecule has 0 aliphatic rings. The molecule has 0 unspecified atom stereocenters. The molecule has 0 saturated heterocycles. The minimum atomic E-state index is 0.530. The molecule has 4 rings (SSSR count). The van der Waals surface area contributed by atoms with Crippen LogP contribution in [0.3, 0.4) is 0 Å². The van der Waals surface area contributed by atoms with Crippen LogP contribution in [0.2, 0.25) is 0 Å². The first-order valence-corrected chi connectivity index (χ1v) is 6.87. The summed E-state index contributed by atoms with van der Waals surface area (Å²) in [4.78, 5) is 22.4. The average molecular weight is 291 g/mol. The topological polar surface area (TPSA) is 75.1 Å². The van der Waals surface area contributed by atoms with Crippen LogP contribution >= 0.6 is 0 Å². The second kappa shape index (κ2) is 4.70. The van der Waals surface area contributed by atoms with Gasteiger partial charge in [0.2, 0.25) is 6.41 Å². The van der Waals surface area contributed by atoms with E-state index < -0.39 is 0 Å². The van der Waals surface area contributed by atoms with Gasteiger partial charge in [0.25, 0.3) is 0 Å². The quantitative estimate of drug-likeness (QED) is 0.570. The highest BCUT2D eigenvalue weighted by Crippen LogP contribution is 2.25. The molecule has 0 radical (unpaired) electrons. The van der Waals surface area contributed by atoms with Crippen molar-refractivity contribution in [1.29, 1.82) is 0 Å². The lowest BCUT2D eigenvalue weighted by Gasteiger charge is -2.03. The molecule has 0 aliphatic carbocycles. The van der Waals surface area contributed by atoms with Crippen LogP contribution in [0.1, 0.15) is 5.56 Å². The number of amides is 1. The highest BCUT2D eigenvalue weighted by molar-refractivity contribution is 5.84. The zero-order valence-electron chi connectivity index (χ0n) is 11.9. The second-order valence-corrected chi connectivity index (χ2v) is 5.16. The molecule has 4 heterocycles. The van der Waals surface area contributed by atoms with E-state index in [2.05, 4.69) is 33.3 Å². The summed E-state index contributed by atoms with van der Waals surface area (Å²) in [5.74, 6) is 0.530. The minimum Gasteiger partial charge on any atom is -0.346 e. The first-order chi connectivity index (χ1) is 10.7. The smallest absolute Gasteiger partial charge is 0.212 e. The Morgan fingerprint density at radius 3 is 3.05 bits per heavy atom. The Bertz CT molecular complexity index is 998. The third kappa shape index (κ3) is 1.93. The van der Waals surface area contributed by atoms with Crippen molar-refractivity contribution in [2.24, 2.45) is 0 Å². The van der Waals surface area contributed by atoms with Gasteiger partial charge in [0.05, 0.1) is 6.20 Å². The lowest BCUT2D eigenvalue weighted by molar-refractivity contribution is -0.105. The van der Waals surface area contributed by atoms with E-state index in [4.69, 9.17) is 0 Å². The Balaban J connectivity index is 1.84. The molecule has 4 aromatic heterocycles. The predicted molar refractivity (Wildman–Crippen MR) is 84.7 cm³/mol. The van der Waals surface area contributed by atoms with Crippen molar-refractivity contribution in [3.63, 3.8) is 0 Å². The molecule has 0 aliphatic heterocycles. The number of aromatic nitrogens is 4. The van der Waals surface area contributed by atoms with Gasteiger partial charge in [-0.15, -0.1) is 0 Å². The number of carbonyl (C=O) groups is 1. The van der Waals surface area contributed by atoms with Crippen molar-refractivity contribution < 1.29 is 4.79 Å². The number of aryl methyl sites for hydroxylation is 1. The van der Waals surface area contributed by atoms with Crippen LogP contribution in [0.25, 0.3) is 27.8 Å². The monoisotopic (exact) mass is 291 g/mol. The Kier molecular flexibility index (Phi) is 2.69. The summed E-state index contributed by atoms with van der Waals surface area (Å²) in [6, 6.07) is 6.04. The zero-order valence-corrected chi connectivity index (χ0v) is 11.9. The van der Waals surface area contributed by atoms with Gasteiger partial charge < -0.3 is 14.7 Å². The number of nitrogens with zero attached hydrogens (tertiary/aromatic N) is 3. The fourth-order valence-electron chi connectivity index (χ4n) is 2.59. The maximum Gasteiger partial charge on any atom is 0.212 e. The lowest BCUT2D eigenvalue weighted by atomic mass is 10.1. The molecule has 1 amide bonds. The van der Waals surface area contributed by atoms with Gasteiger partial charge in [-0.2, -0.15) is 0 Å². The summed E-state index contributed by atoms with van der Waals surface area (Å²) < 4.78 is 1.88. The number of hydrogen-bond donors (Lipinski definition) is 2. The second-order valence-electron chi connectivity index (χ2n) is 5.16. The van der Waals surface area contributed by atoms with Gasteiger partial charge in [0, 0.05) is 35.1 Å². The normalized spacial score (nSPS) is 11.1. The van der Waals surface area contributed by atoms with Gasteiger partial charge in [-0.25, -0.2) is 9.97 Å². The predicted octanol–water partition coefficient (Wildman–Crippen LogP) is 2.75. The van der Waals surface area contributed by atoms with Gasteiger partial charge >= 0.3 is 0 Å². The van der Waals surface area contributed by atoms with Crippen molar-refractivity contribution >= 4 is 28.9 Å². The molecule has 0 atom stereocenters. The van der Waals surface area contributed by atoms with Gasteiger partial charge in [0.15, 0.2) is 5.82 Å². The van der Waals surface area contributed by atoms with Crippen LogP contribution in [0.5, 0.6) is 0 Å². The van der Waals surface area contributed by atoms with Gasteiger partial charge in [-0.1, -0.05) is 0 Å². The first kappa shape index (κ1) is 12.6. The Morgan fingerprint density at radius 2 is 2.18 bits per heavy atom. The number of pyridine rings is 2. The number of anilines is 1. The molecule has 2 N–H and O–H groups in total. The van der Waals surface area contributed by atoms with Crippen molar-refractivity contribution in [1.82, 2.24) is 19.4 Å². The van der Waals surface area contributed by atoms with E-state index in [0.717, 1.165) is 27.8 Å². The van der Waals surface area contributed by atoms with E-state index in [0.29, 0.717) is 12.2 Å². The van der Waals surface area contributed by atoms with Crippen LogP contribution < -0.4 is 5.32 Å². The van der Waals surface area contributed by atoms with Gasteiger partial charge in [0.1, 0.15) is 11.3 Å². The summed E-state index contributed by atoms with van der Waals surface area (Å²) in [6.45, 7) is 2.06. The highest BCUT2D eigenvalue weighted by atomic mass is 16.1. The number of carbonyl (C=O) groups excluding carboxylic acids is 1. The van der Waals surface area contributed by atoms with Crippen molar-refractivity contribution in [2.75, 3.05) is 5.32 Å². The molecule has 108 valence electrons. The Morgan fingerprint density at radius 1 is 1.27 bits per heavy atom. The molecular weight excluding hydrogens is 278 g/mol. The van der Waals surface area contributed by atoms with Crippen molar-refractivity contribution in [3.05, 3.63) is 48.5 Å². The molecule has 0 fully saturated rings. The van der Waals surface area contributed by atoms with Gasteiger partial charge in [-0.3, -0.25) is 4.79 Å². The number of H-pyrrole nitrogens is 1. The van der Waals surface area contributed by atoms with E-state index >= 15 is 0 Å². The van der Waals surface area contributed by atoms with E-state index in [1.54, 1.807) is 6.20 Å². The van der Waals surface area contributed by atoms with Crippen LogP contribution in [-0.2, 0) is 4.79 Å². The van der Waals surface area contributed by atoms with Crippen molar-refractivity contribution in [3.8, 4) is 11.1 Å². The van der Waals surface area contributed by atoms with E-state index in [-0.39, 0.29) is 0 Å². The summed E-state index contributed by atoms with van der Waals surface area (Å²) in [6.07, 6.45) is 8.18. The van der Waals surface area contributed by atoms with Crippen molar-refractivity contribution in [2.45, 2.75) is 6.92 Å². The van der Waals surface area contributed by atoms with E-state index in [1.165, 1.54) is 5.56 Å². The molecule has 22 heavy (non-hydrogen) atoms. The van der Waals surface area contributed by atoms with Gasteiger partial charge in [-0.05, 0) is 30.7 Å². The molecular formula is C16H13N5O. The highest BCUT2D eigenvalue weighted by Gasteiger charge is 2.06. The molecule has 6 heteroatoms. The summed E-state index contributed by atoms with van der Waals surface area (Å²) >= 11 is 0.